The molecule has 5 nitrogen and oxygen atoms in total. The van der Waals surface area contributed by atoms with Gasteiger partial charge >= 0.3 is 0 Å². The van der Waals surface area contributed by atoms with Crippen LogP contribution in [0.3, 0.4) is 0 Å². The van der Waals surface area contributed by atoms with Crippen LogP contribution in [-0.2, 0) is 12.5 Å². The van der Waals surface area contributed by atoms with Crippen LogP contribution in [0.5, 0.6) is 0 Å². The van der Waals surface area contributed by atoms with Gasteiger partial charge in [0.05, 0.1) is 11.9 Å². The lowest BCUT2D eigenvalue weighted by Crippen LogP contribution is -2.16. The molecule has 0 bridgehead atoms. The fraction of sp³-hybridized carbons (Fsp3) is 0.455. The standard InChI is InChI=1S/C11H15N5S/c1-11(2,3)10-13-7(5-9(17)14-10)8-6-12-15-16(8)4/h5-6H,1-4H3,(H,13,14,17). The first-order chi connectivity index (χ1) is 7.88. The fourth-order valence-electron chi connectivity index (χ4n) is 1.48. The number of rotatable bonds is 1. The maximum atomic E-state index is 5.19. The largest absolute Gasteiger partial charge is 0.341 e. The Bertz CT molecular complexity index is 590. The lowest BCUT2D eigenvalue weighted by Gasteiger charge is -2.18. The average Bonchev–Trinajstić information content (AvgIpc) is 2.62. The smallest absolute Gasteiger partial charge is 0.130 e. The lowest BCUT2D eigenvalue weighted by atomic mass is 9.95. The zero-order valence-electron chi connectivity index (χ0n) is 10.4. The molecule has 17 heavy (non-hydrogen) atoms. The summed E-state index contributed by atoms with van der Waals surface area (Å²) in [5.41, 5.74) is 1.71. The van der Waals surface area contributed by atoms with Crippen molar-refractivity contribution >= 4 is 12.2 Å². The second-order valence-corrected chi connectivity index (χ2v) is 5.39. The molecule has 0 saturated carbocycles. The Hall–Kier alpha value is -1.56. The minimum atomic E-state index is -0.0738. The van der Waals surface area contributed by atoms with Crippen molar-refractivity contribution in [2.45, 2.75) is 26.2 Å². The maximum absolute atomic E-state index is 5.19. The van der Waals surface area contributed by atoms with Gasteiger partial charge in [-0.25, -0.2) is 9.67 Å². The molecule has 90 valence electrons. The SMILES string of the molecule is Cn1nncc1-c1cc(=S)nc(C(C)(C)C)[nH]1. The van der Waals surface area contributed by atoms with Gasteiger partial charge in [0.25, 0.3) is 0 Å². The number of hydrogen-bond acceptors (Lipinski definition) is 4. The van der Waals surface area contributed by atoms with E-state index in [4.69, 9.17) is 12.2 Å². The van der Waals surface area contributed by atoms with Crippen LogP contribution in [-0.4, -0.2) is 25.0 Å². The predicted octanol–water partition coefficient (Wildman–Crippen LogP) is 2.23. The molecule has 6 heteroatoms. The normalized spacial score (nSPS) is 11.8. The molecule has 1 N–H and O–H groups in total. The predicted molar refractivity (Wildman–Crippen MR) is 68.1 cm³/mol. The summed E-state index contributed by atoms with van der Waals surface area (Å²) in [6, 6.07) is 1.82. The Morgan fingerprint density at radius 3 is 2.59 bits per heavy atom. The van der Waals surface area contributed by atoms with Gasteiger partial charge in [0.1, 0.15) is 16.2 Å². The van der Waals surface area contributed by atoms with Crippen molar-refractivity contribution in [1.29, 1.82) is 0 Å². The van der Waals surface area contributed by atoms with Gasteiger partial charge in [-0.2, -0.15) is 0 Å². The Morgan fingerprint density at radius 1 is 1.35 bits per heavy atom. The van der Waals surface area contributed by atoms with Gasteiger partial charge < -0.3 is 4.98 Å². The number of aromatic nitrogens is 5. The fourth-order valence-corrected chi connectivity index (χ4v) is 1.69. The van der Waals surface area contributed by atoms with E-state index in [0.29, 0.717) is 4.64 Å². The van der Waals surface area contributed by atoms with E-state index in [-0.39, 0.29) is 5.41 Å². The first-order valence-electron chi connectivity index (χ1n) is 5.35. The number of aryl methyl sites for hydroxylation is 1. The van der Waals surface area contributed by atoms with E-state index in [0.717, 1.165) is 17.2 Å². The van der Waals surface area contributed by atoms with Crippen molar-refractivity contribution < 1.29 is 0 Å². The molecule has 0 aliphatic carbocycles. The van der Waals surface area contributed by atoms with E-state index in [9.17, 15) is 0 Å². The van der Waals surface area contributed by atoms with Gasteiger partial charge in [-0.1, -0.05) is 38.2 Å². The number of hydrogen-bond donors (Lipinski definition) is 1. The maximum Gasteiger partial charge on any atom is 0.130 e. The van der Waals surface area contributed by atoms with Gasteiger partial charge in [-0.15, -0.1) is 5.10 Å². The van der Waals surface area contributed by atoms with Crippen LogP contribution in [0, 0.1) is 4.64 Å². The van der Waals surface area contributed by atoms with Crippen LogP contribution in [0.2, 0.25) is 0 Å². The minimum Gasteiger partial charge on any atom is -0.341 e. The Morgan fingerprint density at radius 2 is 2.06 bits per heavy atom. The van der Waals surface area contributed by atoms with E-state index in [1.165, 1.54) is 0 Å². The third kappa shape index (κ3) is 2.41. The summed E-state index contributed by atoms with van der Waals surface area (Å²) >= 11 is 5.19. The Kier molecular flexibility index (Phi) is 2.82. The molecule has 0 saturated heterocycles. The van der Waals surface area contributed by atoms with Gasteiger partial charge in [0.2, 0.25) is 0 Å². The lowest BCUT2D eigenvalue weighted by molar-refractivity contribution is 0.544. The minimum absolute atomic E-state index is 0.0738. The summed E-state index contributed by atoms with van der Waals surface area (Å²) in [4.78, 5) is 7.64. The summed E-state index contributed by atoms with van der Waals surface area (Å²) < 4.78 is 2.28. The van der Waals surface area contributed by atoms with Crippen LogP contribution >= 0.6 is 12.2 Å². The molecule has 0 fully saturated rings. The zero-order chi connectivity index (χ0) is 12.6. The van der Waals surface area contributed by atoms with Crippen molar-refractivity contribution in [2.24, 2.45) is 7.05 Å². The van der Waals surface area contributed by atoms with Crippen molar-refractivity contribution in [3.8, 4) is 11.4 Å². The summed E-state index contributed by atoms with van der Waals surface area (Å²) in [5, 5.41) is 7.76. The van der Waals surface area contributed by atoms with Crippen molar-refractivity contribution in [3.63, 3.8) is 0 Å². The molecule has 0 amide bonds. The van der Waals surface area contributed by atoms with E-state index < -0.39 is 0 Å². The number of nitrogens with zero attached hydrogens (tertiary/aromatic N) is 4. The molecule has 0 unspecified atom stereocenters. The summed E-state index contributed by atoms with van der Waals surface area (Å²) in [7, 11) is 1.84. The highest BCUT2D eigenvalue weighted by molar-refractivity contribution is 7.71. The number of H-pyrrole nitrogens is 1. The molecule has 2 aromatic rings. The van der Waals surface area contributed by atoms with Crippen LogP contribution in [0.25, 0.3) is 11.4 Å². The number of aromatic amines is 1. The molecule has 0 spiro atoms. The van der Waals surface area contributed by atoms with E-state index >= 15 is 0 Å². The second kappa shape index (κ2) is 4.03. The molecule has 2 aromatic heterocycles. The van der Waals surface area contributed by atoms with E-state index in [2.05, 4.69) is 41.1 Å². The van der Waals surface area contributed by atoms with Crippen molar-refractivity contribution in [1.82, 2.24) is 25.0 Å². The highest BCUT2D eigenvalue weighted by Crippen LogP contribution is 2.21. The molecule has 0 radical (unpaired) electrons. The van der Waals surface area contributed by atoms with Gasteiger partial charge in [-0.3, -0.25) is 0 Å². The third-order valence-corrected chi connectivity index (χ3v) is 2.65. The molecule has 0 aliphatic rings. The molecule has 0 aromatic carbocycles. The van der Waals surface area contributed by atoms with E-state index in [1.54, 1.807) is 10.9 Å². The third-order valence-electron chi connectivity index (χ3n) is 2.44. The highest BCUT2D eigenvalue weighted by Gasteiger charge is 2.17. The molecule has 2 rings (SSSR count). The van der Waals surface area contributed by atoms with Crippen molar-refractivity contribution in [2.75, 3.05) is 0 Å². The first kappa shape index (κ1) is 11.9. The van der Waals surface area contributed by atoms with Gasteiger partial charge in [0.15, 0.2) is 0 Å². The highest BCUT2D eigenvalue weighted by atomic mass is 32.1. The van der Waals surface area contributed by atoms with Crippen LogP contribution in [0.4, 0.5) is 0 Å². The van der Waals surface area contributed by atoms with Crippen LogP contribution in [0.1, 0.15) is 26.6 Å². The van der Waals surface area contributed by atoms with Crippen molar-refractivity contribution in [3.05, 3.63) is 22.7 Å². The Labute approximate surface area is 105 Å². The van der Waals surface area contributed by atoms with Gasteiger partial charge in [-0.05, 0) is 0 Å². The monoisotopic (exact) mass is 249 g/mol. The Balaban J connectivity index is 2.61. The summed E-state index contributed by atoms with van der Waals surface area (Å²) in [6.07, 6.45) is 1.70. The quantitative estimate of drug-likeness (QED) is 0.787. The molecular formula is C11H15N5S. The zero-order valence-corrected chi connectivity index (χ0v) is 11.2. The van der Waals surface area contributed by atoms with Gasteiger partial charge in [0, 0.05) is 18.5 Å². The summed E-state index contributed by atoms with van der Waals surface area (Å²) in [5.74, 6) is 0.862. The molecule has 0 aliphatic heterocycles. The second-order valence-electron chi connectivity index (χ2n) is 4.97. The van der Waals surface area contributed by atoms with E-state index in [1.807, 2.05) is 13.1 Å². The summed E-state index contributed by atoms with van der Waals surface area (Å²) in [6.45, 7) is 6.27. The molecular weight excluding hydrogens is 234 g/mol. The van der Waals surface area contributed by atoms with Crippen LogP contribution in [0.15, 0.2) is 12.3 Å². The molecule has 0 atom stereocenters. The average molecular weight is 249 g/mol. The van der Waals surface area contributed by atoms with Crippen LogP contribution < -0.4 is 0 Å². The topological polar surface area (TPSA) is 59.4 Å². The first-order valence-corrected chi connectivity index (χ1v) is 5.75. The molecule has 2 heterocycles. The number of nitrogens with one attached hydrogen (secondary N) is 1.